The number of allylic oxidation sites excluding steroid dienone is 1. The van der Waals surface area contributed by atoms with E-state index in [1.807, 2.05) is 6.08 Å². The predicted octanol–water partition coefficient (Wildman–Crippen LogP) is 2.03. The van der Waals surface area contributed by atoms with Crippen LogP contribution in [0.2, 0.25) is 0 Å². The third-order valence-corrected chi connectivity index (χ3v) is 2.07. The van der Waals surface area contributed by atoms with Crippen LogP contribution < -0.4 is 0 Å². The molecule has 0 N–H and O–H groups in total. The molecule has 0 aliphatic carbocycles. The number of nitrogens with zero attached hydrogens (tertiary/aromatic N) is 1. The van der Waals surface area contributed by atoms with Crippen molar-refractivity contribution in [3.05, 3.63) is 24.9 Å². The molecular weight excluding hydrogens is 122 g/mol. The summed E-state index contributed by atoms with van der Waals surface area (Å²) < 4.78 is 0. The molecule has 1 aliphatic rings. The molecule has 0 amide bonds. The Kier molecular flexibility index (Phi) is 2.15. The van der Waals surface area contributed by atoms with Crippen LogP contribution in [-0.4, -0.2) is 18.0 Å². The van der Waals surface area contributed by atoms with Crippen molar-refractivity contribution in [1.29, 1.82) is 0 Å². The van der Waals surface area contributed by atoms with Crippen LogP contribution in [0.5, 0.6) is 0 Å². The third kappa shape index (κ3) is 1.41. The lowest BCUT2D eigenvalue weighted by Gasteiger charge is -2.17. The minimum atomic E-state index is 0.830. The molecule has 1 aliphatic heterocycles. The Bertz CT molecular complexity index is 149. The zero-order valence-electron chi connectivity index (χ0n) is 6.64. The summed E-state index contributed by atoms with van der Waals surface area (Å²) >= 11 is 0. The van der Waals surface area contributed by atoms with Crippen LogP contribution in [0.25, 0.3) is 0 Å². The molecule has 1 heteroatoms. The molecular formula is C9H15N. The Labute approximate surface area is 63.0 Å². The van der Waals surface area contributed by atoms with E-state index in [0.29, 0.717) is 0 Å². The third-order valence-electron chi connectivity index (χ3n) is 2.07. The minimum absolute atomic E-state index is 0.830. The average molecular weight is 137 g/mol. The molecule has 0 spiro atoms. The first-order valence-electron chi connectivity index (χ1n) is 3.80. The van der Waals surface area contributed by atoms with E-state index in [2.05, 4.69) is 25.0 Å². The molecule has 0 aromatic heterocycles. The summed E-state index contributed by atoms with van der Waals surface area (Å²) in [5, 5.41) is 0. The van der Waals surface area contributed by atoms with Crippen LogP contribution in [-0.2, 0) is 0 Å². The molecule has 1 atom stereocenters. The summed E-state index contributed by atoms with van der Waals surface area (Å²) in [7, 11) is 0. The van der Waals surface area contributed by atoms with Gasteiger partial charge in [0.1, 0.15) is 0 Å². The molecule has 1 nitrogen and oxygen atoms in total. The molecule has 1 rings (SSSR count). The summed E-state index contributed by atoms with van der Waals surface area (Å²) in [5.41, 5.74) is 1.07. The summed E-state index contributed by atoms with van der Waals surface area (Å²) in [6.07, 6.45) is 3.13. The van der Waals surface area contributed by atoms with E-state index in [0.717, 1.165) is 24.7 Å². The van der Waals surface area contributed by atoms with E-state index >= 15 is 0 Å². The van der Waals surface area contributed by atoms with Crippen LogP contribution in [0.3, 0.4) is 0 Å². The quantitative estimate of drug-likeness (QED) is 0.526. The molecule has 0 radical (unpaired) electrons. The van der Waals surface area contributed by atoms with Gasteiger partial charge in [0.05, 0.1) is 0 Å². The fourth-order valence-electron chi connectivity index (χ4n) is 1.32. The number of rotatable bonds is 2. The maximum atomic E-state index is 3.90. The van der Waals surface area contributed by atoms with E-state index in [1.165, 1.54) is 6.42 Å². The molecule has 0 bridgehead atoms. The second kappa shape index (κ2) is 2.91. The fourth-order valence-corrected chi connectivity index (χ4v) is 1.32. The molecule has 1 unspecified atom stereocenters. The molecule has 0 aromatic carbocycles. The SMILES string of the molecule is C=CC(=C)N1CCC(C)C1. The highest BCUT2D eigenvalue weighted by Gasteiger charge is 2.17. The van der Waals surface area contributed by atoms with Crippen LogP contribution in [0.4, 0.5) is 0 Å². The topological polar surface area (TPSA) is 3.24 Å². The van der Waals surface area contributed by atoms with Gasteiger partial charge in [0, 0.05) is 18.8 Å². The lowest BCUT2D eigenvalue weighted by Crippen LogP contribution is -2.17. The summed E-state index contributed by atoms with van der Waals surface area (Å²) in [4.78, 5) is 2.29. The zero-order chi connectivity index (χ0) is 7.56. The van der Waals surface area contributed by atoms with Crippen molar-refractivity contribution in [1.82, 2.24) is 4.90 Å². The van der Waals surface area contributed by atoms with Crippen LogP contribution in [0, 0.1) is 5.92 Å². The Balaban J connectivity index is 2.44. The minimum Gasteiger partial charge on any atom is -0.372 e. The van der Waals surface area contributed by atoms with Gasteiger partial charge in [0.2, 0.25) is 0 Å². The highest BCUT2D eigenvalue weighted by molar-refractivity contribution is 5.11. The van der Waals surface area contributed by atoms with Gasteiger partial charge >= 0.3 is 0 Å². The van der Waals surface area contributed by atoms with Crippen molar-refractivity contribution >= 4 is 0 Å². The van der Waals surface area contributed by atoms with E-state index < -0.39 is 0 Å². The van der Waals surface area contributed by atoms with Gasteiger partial charge in [-0.25, -0.2) is 0 Å². The van der Waals surface area contributed by atoms with Gasteiger partial charge in [-0.1, -0.05) is 20.1 Å². The lowest BCUT2D eigenvalue weighted by molar-refractivity contribution is 0.425. The second-order valence-electron chi connectivity index (χ2n) is 3.04. The van der Waals surface area contributed by atoms with Crippen molar-refractivity contribution in [2.24, 2.45) is 5.92 Å². The maximum Gasteiger partial charge on any atom is 0.0287 e. The first kappa shape index (κ1) is 7.39. The highest BCUT2D eigenvalue weighted by Crippen LogP contribution is 2.18. The summed E-state index contributed by atoms with van der Waals surface area (Å²) in [6, 6.07) is 0. The van der Waals surface area contributed by atoms with E-state index in [1.54, 1.807) is 0 Å². The van der Waals surface area contributed by atoms with Crippen LogP contribution in [0.15, 0.2) is 24.9 Å². The van der Waals surface area contributed by atoms with Crippen LogP contribution >= 0.6 is 0 Å². The predicted molar refractivity (Wildman–Crippen MR) is 44.7 cm³/mol. The van der Waals surface area contributed by atoms with Gasteiger partial charge in [0.25, 0.3) is 0 Å². The lowest BCUT2D eigenvalue weighted by atomic mass is 10.2. The van der Waals surface area contributed by atoms with Gasteiger partial charge in [0.15, 0.2) is 0 Å². The Morgan fingerprint density at radius 1 is 1.70 bits per heavy atom. The van der Waals surface area contributed by atoms with Crippen LogP contribution in [0.1, 0.15) is 13.3 Å². The molecule has 10 heavy (non-hydrogen) atoms. The van der Waals surface area contributed by atoms with Crippen molar-refractivity contribution < 1.29 is 0 Å². The van der Waals surface area contributed by atoms with Gasteiger partial charge in [-0.3, -0.25) is 0 Å². The van der Waals surface area contributed by atoms with Crippen molar-refractivity contribution in [2.45, 2.75) is 13.3 Å². The zero-order valence-corrected chi connectivity index (χ0v) is 6.64. The van der Waals surface area contributed by atoms with Gasteiger partial charge in [-0.15, -0.1) is 0 Å². The normalized spacial score (nSPS) is 24.9. The maximum absolute atomic E-state index is 3.90. The number of hydrogen-bond acceptors (Lipinski definition) is 1. The summed E-state index contributed by atoms with van der Waals surface area (Å²) in [6.45, 7) is 12.2. The fraction of sp³-hybridized carbons (Fsp3) is 0.556. The first-order valence-corrected chi connectivity index (χ1v) is 3.80. The van der Waals surface area contributed by atoms with Gasteiger partial charge in [-0.2, -0.15) is 0 Å². The molecule has 1 saturated heterocycles. The van der Waals surface area contributed by atoms with Crippen molar-refractivity contribution in [2.75, 3.05) is 13.1 Å². The standard InChI is InChI=1S/C9H15N/c1-4-9(3)10-6-5-8(2)7-10/h4,8H,1,3,5-7H2,2H3. The Morgan fingerprint density at radius 3 is 2.80 bits per heavy atom. The number of hydrogen-bond donors (Lipinski definition) is 0. The molecule has 0 saturated carbocycles. The molecule has 1 fully saturated rings. The largest absolute Gasteiger partial charge is 0.372 e. The Morgan fingerprint density at radius 2 is 2.40 bits per heavy atom. The van der Waals surface area contributed by atoms with Gasteiger partial charge < -0.3 is 4.90 Å². The molecule has 0 aromatic rings. The average Bonchev–Trinajstić information content (AvgIpc) is 2.34. The van der Waals surface area contributed by atoms with Gasteiger partial charge in [-0.05, 0) is 18.4 Å². The Hall–Kier alpha value is -0.720. The molecule has 56 valence electrons. The van der Waals surface area contributed by atoms with Crippen molar-refractivity contribution in [3.63, 3.8) is 0 Å². The molecule has 1 heterocycles. The van der Waals surface area contributed by atoms with E-state index in [4.69, 9.17) is 0 Å². The van der Waals surface area contributed by atoms with E-state index in [9.17, 15) is 0 Å². The summed E-state index contributed by atoms with van der Waals surface area (Å²) in [5.74, 6) is 0.830. The second-order valence-corrected chi connectivity index (χ2v) is 3.04. The first-order chi connectivity index (χ1) is 4.74. The van der Waals surface area contributed by atoms with E-state index in [-0.39, 0.29) is 0 Å². The van der Waals surface area contributed by atoms with Crippen molar-refractivity contribution in [3.8, 4) is 0 Å². The highest BCUT2D eigenvalue weighted by atomic mass is 15.1. The monoisotopic (exact) mass is 137 g/mol. The smallest absolute Gasteiger partial charge is 0.0287 e. The number of likely N-dealkylation sites (tertiary alicyclic amines) is 1.